The quantitative estimate of drug-likeness (QED) is 0.796. The molecule has 1 aromatic rings. The van der Waals surface area contributed by atoms with E-state index in [-0.39, 0.29) is 30.4 Å². The Kier molecular flexibility index (Phi) is 5.12. The molecule has 1 aromatic carbocycles. The number of halogens is 2. The van der Waals surface area contributed by atoms with Crippen molar-refractivity contribution < 1.29 is 25.6 Å². The predicted molar refractivity (Wildman–Crippen MR) is 82.1 cm³/mol. The summed E-state index contributed by atoms with van der Waals surface area (Å²) in [5, 5.41) is 0. The lowest BCUT2D eigenvalue weighted by Crippen LogP contribution is -2.43. The average molecular weight is 367 g/mol. The molecule has 0 aliphatic carbocycles. The van der Waals surface area contributed by atoms with Gasteiger partial charge >= 0.3 is 0 Å². The molecule has 1 fully saturated rings. The second kappa shape index (κ2) is 6.45. The van der Waals surface area contributed by atoms with E-state index in [1.54, 1.807) is 13.8 Å². The summed E-state index contributed by atoms with van der Waals surface area (Å²) in [5.74, 6) is -2.40. The summed E-state index contributed by atoms with van der Waals surface area (Å²) in [4.78, 5) is -0.500. The molecule has 0 aromatic heterocycles. The average Bonchev–Trinajstić information content (AvgIpc) is 2.74. The van der Waals surface area contributed by atoms with Crippen LogP contribution in [0.2, 0.25) is 0 Å². The highest BCUT2D eigenvalue weighted by atomic mass is 32.2. The summed E-state index contributed by atoms with van der Waals surface area (Å²) in [6, 6.07) is 1.37. The molecule has 0 N–H and O–H groups in total. The van der Waals surface area contributed by atoms with Crippen LogP contribution in [-0.4, -0.2) is 45.2 Å². The number of benzene rings is 1. The normalized spacial score (nSPS) is 21.2. The van der Waals surface area contributed by atoms with Crippen molar-refractivity contribution in [1.82, 2.24) is 4.31 Å². The van der Waals surface area contributed by atoms with E-state index in [4.69, 9.17) is 0 Å². The van der Waals surface area contributed by atoms with E-state index in [2.05, 4.69) is 0 Å². The first-order valence-electron chi connectivity index (χ1n) is 7.19. The molecule has 1 atom stereocenters. The van der Waals surface area contributed by atoms with Crippen LogP contribution in [0.4, 0.5) is 8.78 Å². The molecule has 0 saturated carbocycles. The van der Waals surface area contributed by atoms with E-state index < -0.39 is 42.4 Å². The van der Waals surface area contributed by atoms with Crippen molar-refractivity contribution in [2.24, 2.45) is 5.92 Å². The Morgan fingerprint density at radius 1 is 1.22 bits per heavy atom. The standard InChI is InChI=1S/C14H19F2NO4S2/c1-10(2)8-17(13-3-4-22(18,19)9-13)23(20,21)14-6-11(15)5-12(16)7-14/h5-7,10,13H,3-4,8-9H2,1-2H3/t13-/m0/s1. The van der Waals surface area contributed by atoms with Crippen LogP contribution in [0.5, 0.6) is 0 Å². The zero-order chi connectivity index (χ0) is 17.4. The fourth-order valence-electron chi connectivity index (χ4n) is 2.62. The van der Waals surface area contributed by atoms with Gasteiger partial charge in [-0.15, -0.1) is 0 Å². The molecule has 0 unspecified atom stereocenters. The number of hydrogen-bond donors (Lipinski definition) is 0. The Bertz CT molecular complexity index is 771. The van der Waals surface area contributed by atoms with Crippen molar-refractivity contribution in [3.8, 4) is 0 Å². The minimum Gasteiger partial charge on any atom is -0.229 e. The fourth-order valence-corrected chi connectivity index (χ4v) is 6.30. The van der Waals surface area contributed by atoms with Crippen molar-refractivity contribution in [2.75, 3.05) is 18.1 Å². The number of rotatable bonds is 5. The molecule has 0 spiro atoms. The van der Waals surface area contributed by atoms with Gasteiger partial charge in [0.1, 0.15) is 11.6 Å². The third kappa shape index (κ3) is 4.27. The van der Waals surface area contributed by atoms with Gasteiger partial charge < -0.3 is 0 Å². The molecule has 0 radical (unpaired) electrons. The topological polar surface area (TPSA) is 71.5 Å². The van der Waals surface area contributed by atoms with E-state index in [9.17, 15) is 25.6 Å². The lowest BCUT2D eigenvalue weighted by molar-refractivity contribution is 0.307. The fraction of sp³-hybridized carbons (Fsp3) is 0.571. The Morgan fingerprint density at radius 3 is 2.22 bits per heavy atom. The minimum absolute atomic E-state index is 0.0634. The van der Waals surface area contributed by atoms with Crippen LogP contribution < -0.4 is 0 Å². The lowest BCUT2D eigenvalue weighted by atomic mass is 10.2. The smallest absolute Gasteiger partial charge is 0.229 e. The molecule has 0 amide bonds. The van der Waals surface area contributed by atoms with Gasteiger partial charge in [-0.2, -0.15) is 4.31 Å². The van der Waals surface area contributed by atoms with Crippen LogP contribution >= 0.6 is 0 Å². The van der Waals surface area contributed by atoms with Gasteiger partial charge in [-0.05, 0) is 24.5 Å². The van der Waals surface area contributed by atoms with Crippen molar-refractivity contribution in [1.29, 1.82) is 0 Å². The molecule has 5 nitrogen and oxygen atoms in total. The highest BCUT2D eigenvalue weighted by Crippen LogP contribution is 2.27. The third-order valence-corrected chi connectivity index (χ3v) is 7.25. The van der Waals surface area contributed by atoms with E-state index in [1.165, 1.54) is 0 Å². The van der Waals surface area contributed by atoms with Crippen LogP contribution in [0.1, 0.15) is 20.3 Å². The molecule has 2 rings (SSSR count). The van der Waals surface area contributed by atoms with E-state index in [0.717, 1.165) is 16.4 Å². The van der Waals surface area contributed by atoms with Crippen molar-refractivity contribution in [3.05, 3.63) is 29.8 Å². The zero-order valence-electron chi connectivity index (χ0n) is 12.9. The maximum absolute atomic E-state index is 13.4. The largest absolute Gasteiger partial charge is 0.243 e. The van der Waals surface area contributed by atoms with E-state index in [1.807, 2.05) is 0 Å². The van der Waals surface area contributed by atoms with Gasteiger partial charge in [0.15, 0.2) is 9.84 Å². The number of sulfone groups is 1. The summed E-state index contributed by atoms with van der Waals surface area (Å²) >= 11 is 0. The summed E-state index contributed by atoms with van der Waals surface area (Å²) in [6.07, 6.45) is 0.187. The monoisotopic (exact) mass is 367 g/mol. The number of sulfonamides is 1. The molecule has 1 aliphatic heterocycles. The Morgan fingerprint density at radius 2 is 1.78 bits per heavy atom. The summed E-state index contributed by atoms with van der Waals surface area (Å²) in [5.41, 5.74) is 0. The van der Waals surface area contributed by atoms with Crippen LogP contribution in [0.25, 0.3) is 0 Å². The molecular weight excluding hydrogens is 348 g/mol. The maximum atomic E-state index is 13.4. The second-order valence-corrected chi connectivity index (χ2v) is 10.2. The van der Waals surface area contributed by atoms with Crippen molar-refractivity contribution in [3.63, 3.8) is 0 Å². The molecule has 1 heterocycles. The molecule has 130 valence electrons. The van der Waals surface area contributed by atoms with Gasteiger partial charge in [-0.3, -0.25) is 0 Å². The molecule has 23 heavy (non-hydrogen) atoms. The first kappa shape index (κ1) is 18.3. The molecule has 9 heteroatoms. The zero-order valence-corrected chi connectivity index (χ0v) is 14.5. The van der Waals surface area contributed by atoms with Gasteiger partial charge in [0.25, 0.3) is 0 Å². The van der Waals surface area contributed by atoms with Crippen LogP contribution in [0.15, 0.2) is 23.1 Å². The number of nitrogens with zero attached hydrogens (tertiary/aromatic N) is 1. The van der Waals surface area contributed by atoms with Gasteiger partial charge in [-0.1, -0.05) is 13.8 Å². The lowest BCUT2D eigenvalue weighted by Gasteiger charge is -2.29. The molecule has 1 aliphatic rings. The molecular formula is C14H19F2NO4S2. The Labute approximate surface area is 135 Å². The second-order valence-electron chi connectivity index (χ2n) is 6.13. The van der Waals surface area contributed by atoms with Gasteiger partial charge in [0.2, 0.25) is 10.0 Å². The van der Waals surface area contributed by atoms with Crippen LogP contribution in [0.3, 0.4) is 0 Å². The summed E-state index contributed by atoms with van der Waals surface area (Å²) in [6.45, 7) is 3.66. The first-order chi connectivity index (χ1) is 10.5. The Balaban J connectivity index is 2.45. The predicted octanol–water partition coefficient (Wildman–Crippen LogP) is 1.80. The highest BCUT2D eigenvalue weighted by Gasteiger charge is 2.39. The summed E-state index contributed by atoms with van der Waals surface area (Å²) < 4.78 is 76.7. The van der Waals surface area contributed by atoms with Crippen LogP contribution in [-0.2, 0) is 19.9 Å². The third-order valence-electron chi connectivity index (χ3n) is 3.60. The highest BCUT2D eigenvalue weighted by molar-refractivity contribution is 7.92. The Hall–Kier alpha value is -1.06. The van der Waals surface area contributed by atoms with Gasteiger partial charge in [0.05, 0.1) is 16.4 Å². The van der Waals surface area contributed by atoms with Gasteiger partial charge in [-0.25, -0.2) is 25.6 Å². The minimum atomic E-state index is -4.19. The first-order valence-corrected chi connectivity index (χ1v) is 10.5. The number of hydrogen-bond acceptors (Lipinski definition) is 4. The van der Waals surface area contributed by atoms with Crippen LogP contribution in [0, 0.1) is 17.6 Å². The van der Waals surface area contributed by atoms with E-state index >= 15 is 0 Å². The summed E-state index contributed by atoms with van der Waals surface area (Å²) in [7, 11) is -7.48. The van der Waals surface area contributed by atoms with E-state index in [0.29, 0.717) is 6.07 Å². The maximum Gasteiger partial charge on any atom is 0.243 e. The molecule has 0 bridgehead atoms. The van der Waals surface area contributed by atoms with Crippen molar-refractivity contribution in [2.45, 2.75) is 31.2 Å². The van der Waals surface area contributed by atoms with Gasteiger partial charge in [0, 0.05) is 18.7 Å². The molecule has 1 saturated heterocycles. The van der Waals surface area contributed by atoms with Crippen molar-refractivity contribution >= 4 is 19.9 Å². The SMILES string of the molecule is CC(C)CN([C@H]1CCS(=O)(=O)C1)S(=O)(=O)c1cc(F)cc(F)c1.